The minimum atomic E-state index is -0.548. The lowest BCUT2D eigenvalue weighted by atomic mass is 9.80. The van der Waals surface area contributed by atoms with Gasteiger partial charge in [-0.3, -0.25) is 14.5 Å². The highest BCUT2D eigenvalue weighted by atomic mass is 16.5. The second kappa shape index (κ2) is 8.21. The highest BCUT2D eigenvalue weighted by Crippen LogP contribution is 2.31. The van der Waals surface area contributed by atoms with Gasteiger partial charge in [0.15, 0.2) is 0 Å². The van der Waals surface area contributed by atoms with Crippen molar-refractivity contribution in [2.75, 3.05) is 39.3 Å². The number of nitrogens with zero attached hydrogens (tertiary/aromatic N) is 2. The number of fused-ring (bicyclic) bond motifs is 1. The largest absolute Gasteiger partial charge is 0.373 e. The van der Waals surface area contributed by atoms with Crippen LogP contribution in [-0.4, -0.2) is 73.1 Å². The lowest BCUT2D eigenvalue weighted by molar-refractivity contribution is -0.134. The van der Waals surface area contributed by atoms with Crippen LogP contribution >= 0.6 is 0 Å². The zero-order valence-electron chi connectivity index (χ0n) is 16.7. The van der Waals surface area contributed by atoms with Crippen molar-refractivity contribution in [2.24, 2.45) is 5.41 Å². The molecule has 28 heavy (non-hydrogen) atoms. The summed E-state index contributed by atoms with van der Waals surface area (Å²) in [5.41, 5.74) is 0.135. The molecule has 3 atom stereocenters. The molecule has 3 fully saturated rings. The van der Waals surface area contributed by atoms with E-state index in [2.05, 4.69) is 10.2 Å². The number of ether oxygens (including phenoxy) is 1. The van der Waals surface area contributed by atoms with Crippen LogP contribution in [0.3, 0.4) is 0 Å². The molecule has 0 radical (unpaired) electrons. The Kier molecular flexibility index (Phi) is 5.69. The van der Waals surface area contributed by atoms with Crippen LogP contribution in [0.2, 0.25) is 0 Å². The molecule has 0 aromatic heterocycles. The topological polar surface area (TPSA) is 61.9 Å². The minimum Gasteiger partial charge on any atom is -0.373 e. The van der Waals surface area contributed by atoms with Gasteiger partial charge in [-0.15, -0.1) is 0 Å². The van der Waals surface area contributed by atoms with E-state index in [4.69, 9.17) is 4.74 Å². The first-order valence-electron chi connectivity index (χ1n) is 10.5. The maximum absolute atomic E-state index is 13.0. The number of nitrogens with one attached hydrogen (secondary N) is 1. The lowest BCUT2D eigenvalue weighted by Gasteiger charge is -2.40. The van der Waals surface area contributed by atoms with E-state index in [-0.39, 0.29) is 17.9 Å². The third-order valence-electron chi connectivity index (χ3n) is 6.50. The Hall–Kier alpha value is -1.92. The van der Waals surface area contributed by atoms with Crippen LogP contribution in [-0.2, 0) is 9.53 Å². The van der Waals surface area contributed by atoms with Gasteiger partial charge in [-0.25, -0.2) is 0 Å². The van der Waals surface area contributed by atoms with Crippen molar-refractivity contribution in [1.29, 1.82) is 0 Å². The Bertz CT molecular complexity index is 710. The molecule has 4 rings (SSSR count). The second-order valence-electron chi connectivity index (χ2n) is 8.71. The number of hydrogen-bond acceptors (Lipinski definition) is 4. The van der Waals surface area contributed by atoms with E-state index in [1.807, 2.05) is 42.2 Å². The number of likely N-dealkylation sites (tertiary alicyclic amines) is 1. The number of piperidine rings is 1. The minimum absolute atomic E-state index is 0.00927. The molecular weight excluding hydrogens is 354 g/mol. The molecular formula is C22H31N3O3. The highest BCUT2D eigenvalue weighted by Gasteiger charge is 2.40. The first-order chi connectivity index (χ1) is 13.5. The van der Waals surface area contributed by atoms with E-state index in [0.717, 1.165) is 32.5 Å². The average Bonchev–Trinajstić information content (AvgIpc) is 3.20. The third kappa shape index (κ3) is 4.08. The van der Waals surface area contributed by atoms with Crippen LogP contribution in [0.5, 0.6) is 0 Å². The van der Waals surface area contributed by atoms with Gasteiger partial charge >= 0.3 is 0 Å². The van der Waals surface area contributed by atoms with Gasteiger partial charge in [-0.05, 0) is 51.3 Å². The fourth-order valence-electron chi connectivity index (χ4n) is 4.79. The molecule has 0 bridgehead atoms. The monoisotopic (exact) mass is 385 g/mol. The van der Waals surface area contributed by atoms with Crippen LogP contribution < -0.4 is 5.32 Å². The number of benzene rings is 1. The number of hydrogen-bond donors (Lipinski definition) is 1. The summed E-state index contributed by atoms with van der Waals surface area (Å²) in [6.07, 6.45) is 4.18. The van der Waals surface area contributed by atoms with Crippen LogP contribution in [0.1, 0.15) is 43.0 Å². The first-order valence-corrected chi connectivity index (χ1v) is 10.5. The summed E-state index contributed by atoms with van der Waals surface area (Å²) in [7, 11) is 0. The van der Waals surface area contributed by atoms with E-state index in [0.29, 0.717) is 31.2 Å². The summed E-state index contributed by atoms with van der Waals surface area (Å²) in [5, 5.41) is 3.11. The van der Waals surface area contributed by atoms with E-state index in [1.165, 1.54) is 12.8 Å². The van der Waals surface area contributed by atoms with Crippen LogP contribution in [0.15, 0.2) is 30.3 Å². The smallest absolute Gasteiger partial charge is 0.253 e. The summed E-state index contributed by atoms with van der Waals surface area (Å²) in [4.78, 5) is 30.1. The Labute approximate surface area is 167 Å². The fourth-order valence-corrected chi connectivity index (χ4v) is 4.79. The zero-order chi connectivity index (χ0) is 19.6. The molecule has 3 heterocycles. The Morgan fingerprint density at radius 1 is 1.21 bits per heavy atom. The van der Waals surface area contributed by atoms with Gasteiger partial charge in [0.25, 0.3) is 5.91 Å². The lowest BCUT2D eigenvalue weighted by Crippen LogP contribution is -2.55. The molecule has 6 heteroatoms. The second-order valence-corrected chi connectivity index (χ2v) is 8.71. The maximum atomic E-state index is 13.0. The quantitative estimate of drug-likeness (QED) is 0.860. The summed E-state index contributed by atoms with van der Waals surface area (Å²) < 4.78 is 5.96. The molecule has 0 aliphatic carbocycles. The van der Waals surface area contributed by atoms with Crippen LogP contribution in [0.25, 0.3) is 0 Å². The van der Waals surface area contributed by atoms with Gasteiger partial charge in [0.05, 0.1) is 18.1 Å². The predicted molar refractivity (Wildman–Crippen MR) is 107 cm³/mol. The number of morpholine rings is 1. The zero-order valence-corrected chi connectivity index (χ0v) is 16.7. The van der Waals surface area contributed by atoms with Gasteiger partial charge < -0.3 is 15.0 Å². The molecule has 0 saturated carbocycles. The predicted octanol–water partition coefficient (Wildman–Crippen LogP) is 1.91. The van der Waals surface area contributed by atoms with E-state index in [9.17, 15) is 9.59 Å². The van der Waals surface area contributed by atoms with E-state index < -0.39 is 5.41 Å². The molecule has 2 amide bonds. The molecule has 3 saturated heterocycles. The normalized spacial score (nSPS) is 30.7. The summed E-state index contributed by atoms with van der Waals surface area (Å²) in [5.74, 6) is 0.0419. The first kappa shape index (κ1) is 19.4. The molecule has 0 spiro atoms. The fraction of sp³-hybridized carbons (Fsp3) is 0.636. The molecule has 1 N–H and O–H groups in total. The molecule has 3 unspecified atom stereocenters. The Balaban J connectivity index is 1.32. The van der Waals surface area contributed by atoms with Crippen molar-refractivity contribution in [3.05, 3.63) is 35.9 Å². The van der Waals surface area contributed by atoms with Gasteiger partial charge in [0.2, 0.25) is 5.91 Å². The van der Waals surface area contributed by atoms with Gasteiger partial charge in [-0.1, -0.05) is 18.2 Å². The summed E-state index contributed by atoms with van der Waals surface area (Å²) >= 11 is 0. The van der Waals surface area contributed by atoms with Gasteiger partial charge in [0.1, 0.15) is 0 Å². The van der Waals surface area contributed by atoms with Crippen molar-refractivity contribution in [2.45, 2.75) is 44.8 Å². The van der Waals surface area contributed by atoms with Crippen molar-refractivity contribution in [3.63, 3.8) is 0 Å². The molecule has 1 aromatic carbocycles. The molecule has 152 valence electrons. The van der Waals surface area contributed by atoms with Crippen molar-refractivity contribution in [3.8, 4) is 0 Å². The van der Waals surface area contributed by atoms with Gasteiger partial charge in [-0.2, -0.15) is 0 Å². The molecule has 6 nitrogen and oxygen atoms in total. The molecule has 3 aliphatic rings. The number of carbonyl (C=O) groups is 2. The summed E-state index contributed by atoms with van der Waals surface area (Å²) in [6, 6.07) is 9.89. The number of rotatable bonds is 4. The van der Waals surface area contributed by atoms with Crippen molar-refractivity contribution < 1.29 is 14.3 Å². The van der Waals surface area contributed by atoms with Gasteiger partial charge in [0, 0.05) is 37.8 Å². The average molecular weight is 386 g/mol. The van der Waals surface area contributed by atoms with Crippen LogP contribution in [0, 0.1) is 5.41 Å². The van der Waals surface area contributed by atoms with E-state index in [1.54, 1.807) is 0 Å². The standard InChI is InChI=1S/C22H31N3O3/c1-22(10-6-12-25(16-22)20(26)17-7-3-2-4-8-17)21(27)23-13-19-14-24-11-5-9-18(24)15-28-19/h2-4,7-8,18-19H,5-6,9-16H2,1H3,(H,23,27). The Morgan fingerprint density at radius 2 is 2.04 bits per heavy atom. The van der Waals surface area contributed by atoms with E-state index >= 15 is 0 Å². The maximum Gasteiger partial charge on any atom is 0.253 e. The van der Waals surface area contributed by atoms with Crippen LogP contribution in [0.4, 0.5) is 0 Å². The molecule has 1 aromatic rings. The third-order valence-corrected chi connectivity index (χ3v) is 6.50. The van der Waals surface area contributed by atoms with Crippen molar-refractivity contribution >= 4 is 11.8 Å². The SMILES string of the molecule is CC1(C(=O)NCC2CN3CCCC3CO2)CCCN(C(=O)c2ccccc2)C1. The number of amides is 2. The number of carbonyl (C=O) groups excluding carboxylic acids is 2. The highest BCUT2D eigenvalue weighted by molar-refractivity contribution is 5.95. The molecule has 3 aliphatic heterocycles. The Morgan fingerprint density at radius 3 is 2.86 bits per heavy atom. The summed E-state index contributed by atoms with van der Waals surface area (Å²) in [6.45, 7) is 6.52. The van der Waals surface area contributed by atoms with Crippen molar-refractivity contribution in [1.82, 2.24) is 15.1 Å².